The Morgan fingerprint density at radius 1 is 1.47 bits per heavy atom. The van der Waals surface area contributed by atoms with Crippen molar-refractivity contribution in [2.75, 3.05) is 7.11 Å². The van der Waals surface area contributed by atoms with Crippen molar-refractivity contribution >= 4 is 0 Å². The van der Waals surface area contributed by atoms with Crippen LogP contribution in [0.3, 0.4) is 0 Å². The smallest absolute Gasteiger partial charge is 0.172 e. The zero-order valence-electron chi connectivity index (χ0n) is 9.51. The molecular weight excluding hydrogens is 225 g/mol. The average Bonchev–Trinajstić information content (AvgIpc) is 2.75. The monoisotopic (exact) mass is 237 g/mol. The van der Waals surface area contributed by atoms with E-state index in [1.54, 1.807) is 19.2 Å². The van der Waals surface area contributed by atoms with Crippen LogP contribution in [0.25, 0.3) is 5.69 Å². The molecule has 0 aliphatic heterocycles. The van der Waals surface area contributed by atoms with E-state index in [1.807, 2.05) is 0 Å². The first-order valence-electron chi connectivity index (χ1n) is 5.03. The maximum Gasteiger partial charge on any atom is 0.172 e. The zero-order chi connectivity index (χ0) is 12.4. The second-order valence-electron chi connectivity index (χ2n) is 3.54. The second-order valence-corrected chi connectivity index (χ2v) is 3.54. The fraction of sp³-hybridized carbons (Fsp3) is 0.273. The lowest BCUT2D eigenvalue weighted by Gasteiger charge is -2.10. The minimum atomic E-state index is -0.583. The van der Waals surface area contributed by atoms with E-state index in [1.165, 1.54) is 17.9 Å². The molecule has 0 bridgehead atoms. The van der Waals surface area contributed by atoms with Gasteiger partial charge in [-0.05, 0) is 19.1 Å². The molecule has 0 spiro atoms. The Morgan fingerprint density at radius 2 is 2.24 bits per heavy atom. The van der Waals surface area contributed by atoms with E-state index < -0.39 is 12.4 Å². The zero-order valence-corrected chi connectivity index (χ0v) is 9.51. The molecule has 1 N–H and O–H groups in total. The SMILES string of the molecule is COc1ccc(-n2cc(C)nn2)c(CO)c1F. The number of aliphatic hydroxyl groups excluding tert-OH is 1. The molecule has 17 heavy (non-hydrogen) atoms. The lowest BCUT2D eigenvalue weighted by Crippen LogP contribution is -2.04. The van der Waals surface area contributed by atoms with E-state index >= 15 is 0 Å². The molecule has 0 atom stereocenters. The number of aromatic nitrogens is 3. The second kappa shape index (κ2) is 4.50. The minimum Gasteiger partial charge on any atom is -0.494 e. The summed E-state index contributed by atoms with van der Waals surface area (Å²) in [6, 6.07) is 3.11. The molecule has 90 valence electrons. The van der Waals surface area contributed by atoms with E-state index in [0.29, 0.717) is 11.4 Å². The summed E-state index contributed by atoms with van der Waals surface area (Å²) < 4.78 is 20.2. The topological polar surface area (TPSA) is 60.2 Å². The first-order chi connectivity index (χ1) is 8.17. The number of aliphatic hydroxyl groups is 1. The van der Waals surface area contributed by atoms with Crippen LogP contribution in [0.15, 0.2) is 18.3 Å². The van der Waals surface area contributed by atoms with E-state index in [-0.39, 0.29) is 11.3 Å². The molecule has 0 unspecified atom stereocenters. The van der Waals surface area contributed by atoms with Crippen LogP contribution in [0.5, 0.6) is 5.75 Å². The molecule has 1 aromatic carbocycles. The molecule has 0 radical (unpaired) electrons. The summed E-state index contributed by atoms with van der Waals surface area (Å²) in [5.41, 5.74) is 1.30. The number of nitrogens with zero attached hydrogens (tertiary/aromatic N) is 3. The standard InChI is InChI=1S/C11H12FN3O2/c1-7-5-15(14-13-7)9-3-4-10(17-2)11(12)8(9)6-16/h3-5,16H,6H2,1-2H3. The van der Waals surface area contributed by atoms with Gasteiger partial charge in [-0.1, -0.05) is 5.21 Å². The highest BCUT2D eigenvalue weighted by Gasteiger charge is 2.15. The summed E-state index contributed by atoms with van der Waals surface area (Å²) in [6.07, 6.45) is 1.65. The number of ether oxygens (including phenoxy) is 1. The minimum absolute atomic E-state index is 0.0923. The Morgan fingerprint density at radius 3 is 2.76 bits per heavy atom. The highest BCUT2D eigenvalue weighted by atomic mass is 19.1. The van der Waals surface area contributed by atoms with Crippen molar-refractivity contribution in [3.8, 4) is 11.4 Å². The van der Waals surface area contributed by atoms with Gasteiger partial charge in [0.1, 0.15) is 0 Å². The van der Waals surface area contributed by atoms with Crippen molar-refractivity contribution in [2.24, 2.45) is 0 Å². The van der Waals surface area contributed by atoms with Gasteiger partial charge in [0.05, 0.1) is 31.3 Å². The summed E-state index contributed by atoms with van der Waals surface area (Å²) in [4.78, 5) is 0. The summed E-state index contributed by atoms with van der Waals surface area (Å²) in [6.45, 7) is 1.35. The van der Waals surface area contributed by atoms with Crippen LogP contribution in [-0.2, 0) is 6.61 Å². The van der Waals surface area contributed by atoms with Gasteiger partial charge < -0.3 is 9.84 Å². The quantitative estimate of drug-likeness (QED) is 0.871. The van der Waals surface area contributed by atoms with Crippen molar-refractivity contribution < 1.29 is 14.2 Å². The van der Waals surface area contributed by atoms with Crippen molar-refractivity contribution in [3.05, 3.63) is 35.4 Å². The van der Waals surface area contributed by atoms with Crippen molar-refractivity contribution in [1.29, 1.82) is 0 Å². The van der Waals surface area contributed by atoms with Crippen LogP contribution in [0, 0.1) is 12.7 Å². The lowest BCUT2D eigenvalue weighted by atomic mass is 10.1. The summed E-state index contributed by atoms with van der Waals surface area (Å²) in [5.74, 6) is -0.490. The van der Waals surface area contributed by atoms with E-state index in [2.05, 4.69) is 10.3 Å². The number of halogens is 1. The fourth-order valence-electron chi connectivity index (χ4n) is 1.58. The van der Waals surface area contributed by atoms with E-state index in [0.717, 1.165) is 0 Å². The van der Waals surface area contributed by atoms with Crippen LogP contribution in [0.2, 0.25) is 0 Å². The molecule has 0 aliphatic rings. The molecule has 2 aromatic rings. The largest absolute Gasteiger partial charge is 0.494 e. The highest BCUT2D eigenvalue weighted by molar-refractivity contribution is 5.46. The van der Waals surface area contributed by atoms with Crippen LogP contribution < -0.4 is 4.74 Å². The van der Waals surface area contributed by atoms with Crippen molar-refractivity contribution in [1.82, 2.24) is 15.0 Å². The molecular formula is C11H12FN3O2. The molecule has 0 fully saturated rings. The van der Waals surface area contributed by atoms with Crippen LogP contribution in [-0.4, -0.2) is 27.2 Å². The van der Waals surface area contributed by atoms with Gasteiger partial charge in [0.25, 0.3) is 0 Å². The average molecular weight is 237 g/mol. The number of rotatable bonds is 3. The third-order valence-corrected chi connectivity index (χ3v) is 2.42. The number of hydrogen-bond acceptors (Lipinski definition) is 4. The van der Waals surface area contributed by atoms with Crippen molar-refractivity contribution in [3.63, 3.8) is 0 Å². The molecule has 1 aromatic heterocycles. The molecule has 5 nitrogen and oxygen atoms in total. The van der Waals surface area contributed by atoms with Gasteiger partial charge >= 0.3 is 0 Å². The van der Waals surface area contributed by atoms with Crippen LogP contribution in [0.1, 0.15) is 11.3 Å². The summed E-state index contributed by atoms with van der Waals surface area (Å²) >= 11 is 0. The van der Waals surface area contributed by atoms with Gasteiger partial charge in [-0.15, -0.1) is 5.10 Å². The number of aryl methyl sites for hydroxylation is 1. The van der Waals surface area contributed by atoms with Gasteiger partial charge in [0, 0.05) is 5.56 Å². The van der Waals surface area contributed by atoms with Gasteiger partial charge in [-0.2, -0.15) is 0 Å². The van der Waals surface area contributed by atoms with Crippen molar-refractivity contribution in [2.45, 2.75) is 13.5 Å². The Bertz CT molecular complexity index is 540. The molecule has 0 saturated heterocycles. The maximum atomic E-state index is 13.9. The lowest BCUT2D eigenvalue weighted by molar-refractivity contribution is 0.272. The Labute approximate surface area is 97.5 Å². The fourth-order valence-corrected chi connectivity index (χ4v) is 1.58. The first kappa shape index (κ1) is 11.5. The van der Waals surface area contributed by atoms with Gasteiger partial charge in [0.2, 0.25) is 0 Å². The normalized spacial score (nSPS) is 10.6. The molecule has 6 heteroatoms. The Hall–Kier alpha value is -1.95. The number of benzene rings is 1. The molecule has 0 aliphatic carbocycles. The Kier molecular flexibility index (Phi) is 3.06. The molecule has 2 rings (SSSR count). The van der Waals surface area contributed by atoms with E-state index in [4.69, 9.17) is 4.74 Å². The first-order valence-corrected chi connectivity index (χ1v) is 5.03. The third-order valence-electron chi connectivity index (χ3n) is 2.42. The summed E-state index contributed by atoms with van der Waals surface area (Å²) in [5, 5.41) is 16.9. The molecule has 0 saturated carbocycles. The van der Waals surface area contributed by atoms with Crippen LogP contribution >= 0.6 is 0 Å². The van der Waals surface area contributed by atoms with Crippen LogP contribution in [0.4, 0.5) is 4.39 Å². The number of methoxy groups -OCH3 is 1. The van der Waals surface area contributed by atoms with Gasteiger partial charge in [0.15, 0.2) is 11.6 Å². The number of hydrogen-bond donors (Lipinski definition) is 1. The Balaban J connectivity index is 2.58. The predicted octanol–water partition coefficient (Wildman–Crippen LogP) is 1.22. The van der Waals surface area contributed by atoms with Gasteiger partial charge in [-0.3, -0.25) is 0 Å². The predicted molar refractivity (Wildman–Crippen MR) is 58.5 cm³/mol. The maximum absolute atomic E-state index is 13.9. The highest BCUT2D eigenvalue weighted by Crippen LogP contribution is 2.25. The molecule has 0 amide bonds. The summed E-state index contributed by atoms with van der Waals surface area (Å²) in [7, 11) is 1.37. The van der Waals surface area contributed by atoms with Gasteiger partial charge in [-0.25, -0.2) is 9.07 Å². The molecule has 1 heterocycles. The third kappa shape index (κ3) is 1.99. The van der Waals surface area contributed by atoms with E-state index in [9.17, 15) is 9.50 Å².